The molecule has 1 fully saturated rings. The van der Waals surface area contributed by atoms with Gasteiger partial charge in [0.2, 0.25) is 0 Å². The van der Waals surface area contributed by atoms with Crippen LogP contribution in [0.3, 0.4) is 0 Å². The summed E-state index contributed by atoms with van der Waals surface area (Å²) in [7, 11) is 3.44. The molecule has 1 saturated heterocycles. The zero-order valence-corrected chi connectivity index (χ0v) is 11.0. The lowest BCUT2D eigenvalue weighted by Gasteiger charge is -2.34. The van der Waals surface area contributed by atoms with Gasteiger partial charge in [-0.05, 0) is 39.8 Å². The van der Waals surface area contributed by atoms with E-state index in [1.165, 1.54) is 0 Å². The number of aliphatic carboxylic acids is 1. The molecular weight excluding hydrogens is 220 g/mol. The van der Waals surface area contributed by atoms with Crippen LogP contribution in [-0.4, -0.2) is 61.4 Å². The summed E-state index contributed by atoms with van der Waals surface area (Å²) in [4.78, 5) is 13.4. The number of carbonyl (C=O) groups is 1. The molecule has 1 aliphatic rings. The summed E-state index contributed by atoms with van der Waals surface area (Å²) in [5, 5.41) is 12.0. The molecule has 17 heavy (non-hydrogen) atoms. The van der Waals surface area contributed by atoms with Gasteiger partial charge in [-0.25, -0.2) is 0 Å². The predicted octanol–water partition coefficient (Wildman–Crippen LogP) is 0.550. The van der Waals surface area contributed by atoms with Gasteiger partial charge in [-0.1, -0.05) is 0 Å². The monoisotopic (exact) mass is 244 g/mol. The van der Waals surface area contributed by atoms with Gasteiger partial charge in [-0.15, -0.1) is 0 Å². The van der Waals surface area contributed by atoms with Crippen molar-refractivity contribution in [2.24, 2.45) is 0 Å². The van der Waals surface area contributed by atoms with Crippen molar-refractivity contribution in [2.75, 3.05) is 33.8 Å². The number of likely N-dealkylation sites (N-methyl/N-ethyl adjacent to an activating group) is 1. The Morgan fingerprint density at radius 2 is 2.35 bits per heavy atom. The molecule has 0 spiro atoms. The average Bonchev–Trinajstić information content (AvgIpc) is 2.36. The Morgan fingerprint density at radius 1 is 1.65 bits per heavy atom. The Labute approximate surface area is 103 Å². The number of carboxylic acid groups (broad SMARTS) is 1. The number of hydrogen-bond donors (Lipinski definition) is 2. The van der Waals surface area contributed by atoms with Crippen LogP contribution in [0.25, 0.3) is 0 Å². The largest absolute Gasteiger partial charge is 0.480 e. The summed E-state index contributed by atoms with van der Waals surface area (Å²) in [5.74, 6) is -0.791. The van der Waals surface area contributed by atoms with Crippen LogP contribution in [-0.2, 0) is 9.53 Å². The van der Waals surface area contributed by atoms with Crippen molar-refractivity contribution in [2.45, 2.75) is 37.8 Å². The second kappa shape index (κ2) is 6.33. The fourth-order valence-corrected chi connectivity index (χ4v) is 2.13. The van der Waals surface area contributed by atoms with Crippen molar-refractivity contribution < 1.29 is 14.6 Å². The Bertz CT molecular complexity index is 260. The third-order valence-corrected chi connectivity index (χ3v) is 3.75. The summed E-state index contributed by atoms with van der Waals surface area (Å²) in [6, 6.07) is 0. The summed E-state index contributed by atoms with van der Waals surface area (Å²) in [6.07, 6.45) is 3.14. The number of ether oxygens (including phenoxy) is 1. The Hall–Kier alpha value is -0.650. The molecule has 0 aliphatic carbocycles. The summed E-state index contributed by atoms with van der Waals surface area (Å²) >= 11 is 0. The SMILES string of the molecule is CNC(C)(CCN1CCCC(OC)C1)C(=O)O. The van der Waals surface area contributed by atoms with Crippen LogP contribution in [0, 0.1) is 0 Å². The van der Waals surface area contributed by atoms with Crippen molar-refractivity contribution in [1.29, 1.82) is 0 Å². The highest BCUT2D eigenvalue weighted by molar-refractivity contribution is 5.78. The van der Waals surface area contributed by atoms with E-state index in [0.717, 1.165) is 32.5 Å². The van der Waals surface area contributed by atoms with E-state index in [9.17, 15) is 4.79 Å². The molecule has 2 unspecified atom stereocenters. The van der Waals surface area contributed by atoms with Crippen molar-refractivity contribution in [3.05, 3.63) is 0 Å². The van der Waals surface area contributed by atoms with Gasteiger partial charge < -0.3 is 20.1 Å². The van der Waals surface area contributed by atoms with Gasteiger partial charge in [0.05, 0.1) is 6.10 Å². The predicted molar refractivity (Wildman–Crippen MR) is 66.2 cm³/mol. The zero-order valence-electron chi connectivity index (χ0n) is 11.0. The first-order chi connectivity index (χ1) is 8.01. The lowest BCUT2D eigenvalue weighted by Crippen LogP contribution is -2.50. The lowest BCUT2D eigenvalue weighted by molar-refractivity contribution is -0.144. The van der Waals surface area contributed by atoms with E-state index in [-0.39, 0.29) is 0 Å². The van der Waals surface area contributed by atoms with E-state index in [1.54, 1.807) is 21.1 Å². The first kappa shape index (κ1) is 14.4. The second-order valence-electron chi connectivity index (χ2n) is 4.94. The molecule has 1 aliphatic heterocycles. The number of methoxy groups -OCH3 is 1. The van der Waals surface area contributed by atoms with Gasteiger partial charge in [0, 0.05) is 20.2 Å². The van der Waals surface area contributed by atoms with Crippen LogP contribution in [0.15, 0.2) is 0 Å². The Morgan fingerprint density at radius 3 is 2.88 bits per heavy atom. The number of likely N-dealkylation sites (tertiary alicyclic amines) is 1. The molecule has 0 radical (unpaired) electrons. The topological polar surface area (TPSA) is 61.8 Å². The minimum Gasteiger partial charge on any atom is -0.480 e. The Balaban J connectivity index is 2.41. The number of piperidine rings is 1. The van der Waals surface area contributed by atoms with E-state index < -0.39 is 11.5 Å². The zero-order chi connectivity index (χ0) is 12.9. The van der Waals surface area contributed by atoms with Gasteiger partial charge in [0.15, 0.2) is 0 Å². The van der Waals surface area contributed by atoms with E-state index in [4.69, 9.17) is 9.84 Å². The highest BCUT2D eigenvalue weighted by Gasteiger charge is 2.32. The molecule has 100 valence electrons. The summed E-state index contributed by atoms with van der Waals surface area (Å²) in [6.45, 7) is 4.48. The number of rotatable bonds is 6. The highest BCUT2D eigenvalue weighted by Crippen LogP contribution is 2.16. The molecular formula is C12H24N2O3. The molecule has 0 aromatic heterocycles. The van der Waals surface area contributed by atoms with Crippen LogP contribution in [0.4, 0.5) is 0 Å². The van der Waals surface area contributed by atoms with Crippen LogP contribution in [0.5, 0.6) is 0 Å². The summed E-state index contributed by atoms with van der Waals surface area (Å²) < 4.78 is 5.35. The van der Waals surface area contributed by atoms with Crippen molar-refractivity contribution in [3.8, 4) is 0 Å². The van der Waals surface area contributed by atoms with Crippen LogP contribution < -0.4 is 5.32 Å². The van der Waals surface area contributed by atoms with Crippen molar-refractivity contribution in [1.82, 2.24) is 10.2 Å². The maximum Gasteiger partial charge on any atom is 0.323 e. The quantitative estimate of drug-likeness (QED) is 0.714. The normalized spacial score (nSPS) is 25.5. The maximum absolute atomic E-state index is 11.1. The second-order valence-corrected chi connectivity index (χ2v) is 4.94. The average molecular weight is 244 g/mol. The third kappa shape index (κ3) is 3.94. The van der Waals surface area contributed by atoms with Crippen LogP contribution in [0.1, 0.15) is 26.2 Å². The standard InChI is InChI=1S/C12H24N2O3/c1-12(13-2,11(15)16)6-8-14-7-4-5-10(9-14)17-3/h10,13H,4-9H2,1-3H3,(H,15,16). The molecule has 0 aromatic rings. The lowest BCUT2D eigenvalue weighted by atomic mass is 9.97. The number of hydrogen-bond acceptors (Lipinski definition) is 4. The van der Waals surface area contributed by atoms with E-state index in [0.29, 0.717) is 12.5 Å². The number of nitrogens with zero attached hydrogens (tertiary/aromatic N) is 1. The van der Waals surface area contributed by atoms with Gasteiger partial charge in [-0.3, -0.25) is 4.79 Å². The smallest absolute Gasteiger partial charge is 0.323 e. The molecule has 5 heteroatoms. The minimum atomic E-state index is -0.833. The van der Waals surface area contributed by atoms with Crippen LogP contribution in [0.2, 0.25) is 0 Å². The molecule has 0 aromatic carbocycles. The van der Waals surface area contributed by atoms with Gasteiger partial charge in [0.25, 0.3) is 0 Å². The molecule has 5 nitrogen and oxygen atoms in total. The van der Waals surface area contributed by atoms with E-state index in [2.05, 4.69) is 10.2 Å². The molecule has 0 saturated carbocycles. The highest BCUT2D eigenvalue weighted by atomic mass is 16.5. The molecule has 1 heterocycles. The first-order valence-electron chi connectivity index (χ1n) is 6.19. The molecule has 2 atom stereocenters. The number of carboxylic acids is 1. The van der Waals surface area contributed by atoms with Gasteiger partial charge >= 0.3 is 5.97 Å². The van der Waals surface area contributed by atoms with E-state index >= 15 is 0 Å². The molecule has 2 N–H and O–H groups in total. The maximum atomic E-state index is 11.1. The third-order valence-electron chi connectivity index (χ3n) is 3.75. The van der Waals surface area contributed by atoms with Gasteiger partial charge in [-0.2, -0.15) is 0 Å². The van der Waals surface area contributed by atoms with Crippen molar-refractivity contribution >= 4 is 5.97 Å². The first-order valence-corrected chi connectivity index (χ1v) is 6.19. The summed E-state index contributed by atoms with van der Waals surface area (Å²) in [5.41, 5.74) is -0.833. The van der Waals surface area contributed by atoms with Gasteiger partial charge in [0.1, 0.15) is 5.54 Å². The van der Waals surface area contributed by atoms with Crippen LogP contribution >= 0.6 is 0 Å². The molecule has 1 rings (SSSR count). The molecule has 0 bridgehead atoms. The van der Waals surface area contributed by atoms with E-state index in [1.807, 2.05) is 0 Å². The fourth-order valence-electron chi connectivity index (χ4n) is 2.13. The fraction of sp³-hybridized carbons (Fsp3) is 0.917. The van der Waals surface area contributed by atoms with Crippen molar-refractivity contribution in [3.63, 3.8) is 0 Å². The number of nitrogens with one attached hydrogen (secondary N) is 1. The molecule has 0 amide bonds. The minimum absolute atomic E-state index is 0.300. The Kier molecular flexibility index (Phi) is 5.36.